The van der Waals surface area contributed by atoms with Gasteiger partial charge in [-0.05, 0) is 20.8 Å². The van der Waals surface area contributed by atoms with Crippen LogP contribution in [0.1, 0.15) is 37.9 Å². The Morgan fingerprint density at radius 3 is 2.70 bits per heavy atom. The molecule has 7 nitrogen and oxygen atoms in total. The van der Waals surface area contributed by atoms with Crippen LogP contribution in [0.3, 0.4) is 0 Å². The highest BCUT2D eigenvalue weighted by Gasteiger charge is 2.29. The van der Waals surface area contributed by atoms with Crippen LogP contribution in [0.4, 0.5) is 4.79 Å². The van der Waals surface area contributed by atoms with Crippen molar-refractivity contribution in [1.29, 1.82) is 0 Å². The molecular formula is C13H17N3O4. The van der Waals surface area contributed by atoms with Crippen LogP contribution in [-0.2, 0) is 29.0 Å². The van der Waals surface area contributed by atoms with Gasteiger partial charge in [-0.1, -0.05) is 0 Å². The van der Waals surface area contributed by atoms with Crippen molar-refractivity contribution >= 4 is 12.1 Å². The fourth-order valence-corrected chi connectivity index (χ4v) is 1.87. The average molecular weight is 279 g/mol. The molecule has 2 rings (SSSR count). The van der Waals surface area contributed by atoms with Gasteiger partial charge in [0, 0.05) is 11.8 Å². The number of aliphatic carboxylic acids is 1. The topological polar surface area (TPSA) is 92.6 Å². The number of fused-ring (bicyclic) bond motifs is 1. The molecule has 1 aliphatic rings. The number of aromatic nitrogens is 2. The van der Waals surface area contributed by atoms with E-state index in [2.05, 4.69) is 9.97 Å². The third-order valence-electron chi connectivity index (χ3n) is 2.67. The van der Waals surface area contributed by atoms with Gasteiger partial charge >= 0.3 is 12.1 Å². The maximum atomic E-state index is 12.0. The van der Waals surface area contributed by atoms with E-state index < -0.39 is 17.7 Å². The van der Waals surface area contributed by atoms with Gasteiger partial charge in [0.05, 0.1) is 18.8 Å². The minimum atomic E-state index is -0.980. The van der Waals surface area contributed by atoms with Crippen LogP contribution in [0.2, 0.25) is 0 Å². The van der Waals surface area contributed by atoms with E-state index in [1.807, 2.05) is 0 Å². The quantitative estimate of drug-likeness (QED) is 0.878. The lowest BCUT2D eigenvalue weighted by Crippen LogP contribution is -2.33. The van der Waals surface area contributed by atoms with Gasteiger partial charge in [-0.15, -0.1) is 0 Å². The first kappa shape index (κ1) is 14.2. The molecule has 1 aliphatic heterocycles. The third-order valence-corrected chi connectivity index (χ3v) is 2.67. The molecule has 0 radical (unpaired) electrons. The van der Waals surface area contributed by atoms with Crippen LogP contribution in [0.25, 0.3) is 0 Å². The van der Waals surface area contributed by atoms with Crippen molar-refractivity contribution in [2.75, 3.05) is 0 Å². The summed E-state index contributed by atoms with van der Waals surface area (Å²) in [6.45, 7) is 6.12. The normalized spacial score (nSPS) is 14.1. The number of carboxylic acids is 1. The Morgan fingerprint density at radius 2 is 2.10 bits per heavy atom. The maximum absolute atomic E-state index is 12.0. The number of carbonyl (C=O) groups excluding carboxylic acids is 1. The van der Waals surface area contributed by atoms with Crippen molar-refractivity contribution < 1.29 is 19.4 Å². The summed E-state index contributed by atoms with van der Waals surface area (Å²) in [5.41, 5.74) is 0.957. The van der Waals surface area contributed by atoms with Gasteiger partial charge in [0.1, 0.15) is 17.8 Å². The van der Waals surface area contributed by atoms with Crippen LogP contribution < -0.4 is 0 Å². The number of carboxylic acid groups (broad SMARTS) is 1. The molecule has 2 heterocycles. The van der Waals surface area contributed by atoms with Crippen molar-refractivity contribution in [1.82, 2.24) is 14.9 Å². The number of carbonyl (C=O) groups is 2. The van der Waals surface area contributed by atoms with Crippen LogP contribution in [0.5, 0.6) is 0 Å². The lowest BCUT2D eigenvalue weighted by Gasteiger charge is -2.23. The largest absolute Gasteiger partial charge is 0.481 e. The number of amides is 1. The predicted octanol–water partition coefficient (Wildman–Crippen LogP) is 1.35. The Hall–Kier alpha value is -2.18. The molecule has 0 aliphatic carbocycles. The zero-order valence-corrected chi connectivity index (χ0v) is 11.7. The Labute approximate surface area is 116 Å². The molecule has 20 heavy (non-hydrogen) atoms. The van der Waals surface area contributed by atoms with E-state index in [4.69, 9.17) is 9.84 Å². The fraction of sp³-hybridized carbons (Fsp3) is 0.538. The molecule has 108 valence electrons. The van der Waals surface area contributed by atoms with Gasteiger partial charge in [0.25, 0.3) is 0 Å². The zero-order valence-electron chi connectivity index (χ0n) is 11.7. The van der Waals surface area contributed by atoms with Crippen LogP contribution in [0, 0.1) is 0 Å². The minimum Gasteiger partial charge on any atom is -0.481 e. The van der Waals surface area contributed by atoms with E-state index in [9.17, 15) is 9.59 Å². The van der Waals surface area contributed by atoms with E-state index in [-0.39, 0.29) is 12.2 Å². The summed E-state index contributed by atoms with van der Waals surface area (Å²) < 4.78 is 5.29. The molecule has 0 saturated heterocycles. The first-order valence-electron chi connectivity index (χ1n) is 6.28. The highest BCUT2D eigenvalue weighted by molar-refractivity contribution is 5.70. The van der Waals surface area contributed by atoms with Gasteiger partial charge < -0.3 is 9.84 Å². The van der Waals surface area contributed by atoms with Crippen LogP contribution >= 0.6 is 0 Å². The van der Waals surface area contributed by atoms with Gasteiger partial charge in [0.15, 0.2) is 0 Å². The van der Waals surface area contributed by atoms with Crippen molar-refractivity contribution in [2.45, 2.75) is 45.9 Å². The molecule has 0 aromatic carbocycles. The second kappa shape index (κ2) is 5.07. The van der Waals surface area contributed by atoms with Gasteiger partial charge in [-0.2, -0.15) is 0 Å². The molecule has 0 unspecified atom stereocenters. The van der Waals surface area contributed by atoms with Crippen LogP contribution in [0.15, 0.2) is 6.20 Å². The van der Waals surface area contributed by atoms with Gasteiger partial charge in [-0.3, -0.25) is 9.69 Å². The number of hydrogen-bond acceptors (Lipinski definition) is 5. The molecule has 0 spiro atoms. The second-order valence-corrected chi connectivity index (χ2v) is 5.67. The van der Waals surface area contributed by atoms with Crippen molar-refractivity contribution in [3.05, 3.63) is 23.3 Å². The number of hydrogen-bond donors (Lipinski definition) is 1. The summed E-state index contributed by atoms with van der Waals surface area (Å²) in [5, 5.41) is 8.72. The summed E-state index contributed by atoms with van der Waals surface area (Å²) in [6, 6.07) is 0. The molecule has 1 N–H and O–H groups in total. The molecule has 1 aromatic heterocycles. The maximum Gasteiger partial charge on any atom is 0.410 e. The first-order chi connectivity index (χ1) is 9.24. The Morgan fingerprint density at radius 1 is 1.40 bits per heavy atom. The number of rotatable bonds is 2. The molecule has 1 amide bonds. The molecule has 0 atom stereocenters. The molecule has 0 fully saturated rings. The first-order valence-corrected chi connectivity index (χ1v) is 6.28. The standard InChI is InChI=1S/C13H17N3O4/c1-13(2,3)20-12(19)16-6-8-5-14-10(4-11(17)18)15-9(8)7-16/h5H,4,6-7H2,1-3H3,(H,17,18). The Bertz CT molecular complexity index is 551. The van der Waals surface area contributed by atoms with Crippen LogP contribution in [-0.4, -0.2) is 37.6 Å². The third kappa shape index (κ3) is 3.43. The van der Waals surface area contributed by atoms with E-state index >= 15 is 0 Å². The SMILES string of the molecule is CC(C)(C)OC(=O)N1Cc2cnc(CC(=O)O)nc2C1. The lowest BCUT2D eigenvalue weighted by molar-refractivity contribution is -0.136. The summed E-state index contributed by atoms with van der Waals surface area (Å²) >= 11 is 0. The van der Waals surface area contributed by atoms with Gasteiger partial charge in [0.2, 0.25) is 0 Å². The molecule has 7 heteroatoms. The Balaban J connectivity index is 2.07. The number of nitrogens with zero attached hydrogens (tertiary/aromatic N) is 3. The van der Waals surface area contributed by atoms with Crippen molar-refractivity contribution in [3.8, 4) is 0 Å². The number of ether oxygens (including phenoxy) is 1. The summed E-state index contributed by atoms with van der Waals surface area (Å²) in [6.07, 6.45) is 0.945. The summed E-state index contributed by atoms with van der Waals surface area (Å²) in [4.78, 5) is 32.3. The second-order valence-electron chi connectivity index (χ2n) is 5.67. The van der Waals surface area contributed by atoms with E-state index in [0.717, 1.165) is 5.56 Å². The van der Waals surface area contributed by atoms with Crippen molar-refractivity contribution in [2.24, 2.45) is 0 Å². The van der Waals surface area contributed by atoms with Crippen molar-refractivity contribution in [3.63, 3.8) is 0 Å². The lowest BCUT2D eigenvalue weighted by atomic mass is 10.2. The molecular weight excluding hydrogens is 262 g/mol. The van der Waals surface area contributed by atoms with E-state index in [1.165, 1.54) is 4.90 Å². The summed E-state index contributed by atoms with van der Waals surface area (Å²) in [7, 11) is 0. The smallest absolute Gasteiger partial charge is 0.410 e. The molecule has 0 saturated carbocycles. The predicted molar refractivity (Wildman–Crippen MR) is 68.9 cm³/mol. The highest BCUT2D eigenvalue weighted by Crippen LogP contribution is 2.22. The summed E-state index contributed by atoms with van der Waals surface area (Å²) in [5.74, 6) is -0.728. The van der Waals surface area contributed by atoms with Gasteiger partial charge in [-0.25, -0.2) is 14.8 Å². The Kier molecular flexibility index (Phi) is 3.61. The van der Waals surface area contributed by atoms with E-state index in [0.29, 0.717) is 18.8 Å². The fourth-order valence-electron chi connectivity index (χ4n) is 1.87. The van der Waals surface area contributed by atoms with E-state index in [1.54, 1.807) is 27.0 Å². The highest BCUT2D eigenvalue weighted by atomic mass is 16.6. The molecule has 1 aromatic rings. The molecule has 0 bridgehead atoms. The zero-order chi connectivity index (χ0) is 14.9. The monoisotopic (exact) mass is 279 g/mol. The average Bonchev–Trinajstić information content (AvgIpc) is 2.68. The minimum absolute atomic E-state index is 0.223.